The summed E-state index contributed by atoms with van der Waals surface area (Å²) in [4.78, 5) is 17.3. The molecule has 3 nitrogen and oxygen atoms in total. The number of thiazole rings is 1. The van der Waals surface area contributed by atoms with Crippen molar-refractivity contribution in [2.24, 2.45) is 5.92 Å². The molecule has 1 heterocycles. The summed E-state index contributed by atoms with van der Waals surface area (Å²) in [6, 6.07) is 0. The first-order chi connectivity index (χ1) is 7.66. The number of aryl methyl sites for hydroxylation is 2. The van der Waals surface area contributed by atoms with Crippen LogP contribution in [-0.2, 0) is 11.2 Å². The smallest absolute Gasteiger partial charge is 0.223 e. The van der Waals surface area contributed by atoms with Gasteiger partial charge in [-0.1, -0.05) is 6.42 Å². The predicted molar refractivity (Wildman–Crippen MR) is 65.6 cm³/mol. The number of amides is 1. The van der Waals surface area contributed by atoms with Crippen LogP contribution in [0.1, 0.15) is 34.8 Å². The Morgan fingerprint density at radius 1 is 1.50 bits per heavy atom. The average Bonchev–Trinajstić information content (AvgIpc) is 2.43. The molecule has 1 amide bonds. The van der Waals surface area contributed by atoms with Gasteiger partial charge in [0.2, 0.25) is 5.91 Å². The van der Waals surface area contributed by atoms with E-state index in [1.165, 1.54) is 11.3 Å². The van der Waals surface area contributed by atoms with E-state index in [2.05, 4.69) is 17.2 Å². The van der Waals surface area contributed by atoms with Gasteiger partial charge in [0.15, 0.2) is 0 Å². The number of carbonyl (C=O) groups is 1. The van der Waals surface area contributed by atoms with Crippen LogP contribution in [-0.4, -0.2) is 17.4 Å². The largest absolute Gasteiger partial charge is 0.355 e. The molecule has 88 valence electrons. The van der Waals surface area contributed by atoms with E-state index >= 15 is 0 Å². The normalized spacial score (nSPS) is 15.9. The Balaban J connectivity index is 1.73. The molecular weight excluding hydrogens is 220 g/mol. The molecule has 4 heteroatoms. The molecule has 1 aliphatic carbocycles. The molecule has 1 aromatic heterocycles. The highest BCUT2D eigenvalue weighted by atomic mass is 32.1. The van der Waals surface area contributed by atoms with E-state index in [0.29, 0.717) is 5.92 Å². The Morgan fingerprint density at radius 3 is 2.75 bits per heavy atom. The third kappa shape index (κ3) is 2.61. The third-order valence-electron chi connectivity index (χ3n) is 3.19. The Kier molecular flexibility index (Phi) is 3.59. The fourth-order valence-electron chi connectivity index (χ4n) is 1.75. The monoisotopic (exact) mass is 238 g/mol. The Bertz CT molecular complexity index is 363. The molecule has 0 unspecified atom stereocenters. The van der Waals surface area contributed by atoms with Crippen LogP contribution in [0.15, 0.2) is 0 Å². The van der Waals surface area contributed by atoms with Crippen LogP contribution in [0.25, 0.3) is 0 Å². The first-order valence-corrected chi connectivity index (χ1v) is 6.69. The zero-order valence-corrected chi connectivity index (χ0v) is 10.7. The molecule has 0 saturated heterocycles. The lowest BCUT2D eigenvalue weighted by Crippen LogP contribution is -2.35. The van der Waals surface area contributed by atoms with Crippen LogP contribution in [0.4, 0.5) is 0 Å². The molecule has 0 aromatic carbocycles. The first-order valence-electron chi connectivity index (χ1n) is 5.87. The summed E-state index contributed by atoms with van der Waals surface area (Å²) in [5, 5.41) is 4.12. The maximum absolute atomic E-state index is 11.6. The van der Waals surface area contributed by atoms with E-state index in [1.807, 2.05) is 6.92 Å². The van der Waals surface area contributed by atoms with Crippen LogP contribution in [0.2, 0.25) is 0 Å². The number of hydrogen-bond acceptors (Lipinski definition) is 3. The maximum Gasteiger partial charge on any atom is 0.223 e. The molecule has 1 aromatic rings. The van der Waals surface area contributed by atoms with Gasteiger partial charge in [0, 0.05) is 23.8 Å². The van der Waals surface area contributed by atoms with Gasteiger partial charge in [-0.2, -0.15) is 0 Å². The Hall–Kier alpha value is -0.900. The molecule has 0 radical (unpaired) electrons. The molecule has 0 aliphatic heterocycles. The topological polar surface area (TPSA) is 42.0 Å². The molecule has 0 spiro atoms. The van der Waals surface area contributed by atoms with Crippen molar-refractivity contribution in [3.05, 3.63) is 15.6 Å². The second-order valence-electron chi connectivity index (χ2n) is 4.42. The SMILES string of the molecule is Cc1nc(CCNC(=O)C2CCC2)sc1C. The fraction of sp³-hybridized carbons (Fsp3) is 0.667. The molecule has 1 N–H and O–H groups in total. The fourth-order valence-corrected chi connectivity index (χ4v) is 2.69. The van der Waals surface area contributed by atoms with Crippen LogP contribution < -0.4 is 5.32 Å². The zero-order chi connectivity index (χ0) is 11.5. The van der Waals surface area contributed by atoms with Crippen LogP contribution in [0, 0.1) is 19.8 Å². The van der Waals surface area contributed by atoms with E-state index in [1.54, 1.807) is 11.3 Å². The van der Waals surface area contributed by atoms with Gasteiger partial charge in [-0.25, -0.2) is 4.98 Å². The highest BCUT2D eigenvalue weighted by Gasteiger charge is 2.24. The number of aromatic nitrogens is 1. The maximum atomic E-state index is 11.6. The van der Waals surface area contributed by atoms with Crippen molar-refractivity contribution in [1.29, 1.82) is 0 Å². The van der Waals surface area contributed by atoms with Crippen molar-refractivity contribution in [1.82, 2.24) is 10.3 Å². The van der Waals surface area contributed by atoms with Crippen molar-refractivity contribution < 1.29 is 4.79 Å². The standard InChI is InChI=1S/C12H18N2OS/c1-8-9(2)16-11(14-8)6-7-13-12(15)10-4-3-5-10/h10H,3-7H2,1-2H3,(H,13,15). The van der Waals surface area contributed by atoms with Gasteiger partial charge in [-0.15, -0.1) is 11.3 Å². The predicted octanol–water partition coefficient (Wildman–Crippen LogP) is 2.22. The number of rotatable bonds is 4. The lowest BCUT2D eigenvalue weighted by atomic mass is 9.85. The van der Waals surface area contributed by atoms with Crippen LogP contribution in [0.3, 0.4) is 0 Å². The Morgan fingerprint density at radius 2 is 2.25 bits per heavy atom. The van der Waals surface area contributed by atoms with Crippen molar-refractivity contribution in [3.63, 3.8) is 0 Å². The minimum atomic E-state index is 0.233. The molecular formula is C12H18N2OS. The molecule has 1 aliphatic rings. The minimum Gasteiger partial charge on any atom is -0.355 e. The summed E-state index contributed by atoms with van der Waals surface area (Å²) < 4.78 is 0. The molecule has 0 bridgehead atoms. The third-order valence-corrected chi connectivity index (χ3v) is 4.32. The van der Waals surface area contributed by atoms with Crippen molar-refractivity contribution in [3.8, 4) is 0 Å². The molecule has 2 rings (SSSR count). The van der Waals surface area contributed by atoms with Crippen molar-refractivity contribution >= 4 is 17.2 Å². The summed E-state index contributed by atoms with van der Waals surface area (Å²) in [5.74, 6) is 0.524. The molecule has 1 fully saturated rings. The lowest BCUT2D eigenvalue weighted by molar-refractivity contribution is -0.127. The minimum absolute atomic E-state index is 0.233. The van der Waals surface area contributed by atoms with E-state index in [9.17, 15) is 4.79 Å². The van der Waals surface area contributed by atoms with Gasteiger partial charge in [0.1, 0.15) is 0 Å². The van der Waals surface area contributed by atoms with E-state index in [4.69, 9.17) is 0 Å². The number of carbonyl (C=O) groups excluding carboxylic acids is 1. The van der Waals surface area contributed by atoms with Crippen LogP contribution in [0.5, 0.6) is 0 Å². The summed E-state index contributed by atoms with van der Waals surface area (Å²) >= 11 is 1.73. The second-order valence-corrected chi connectivity index (χ2v) is 5.71. The first kappa shape index (κ1) is 11.6. The van der Waals surface area contributed by atoms with Gasteiger partial charge < -0.3 is 5.32 Å². The number of hydrogen-bond donors (Lipinski definition) is 1. The van der Waals surface area contributed by atoms with Crippen LogP contribution >= 0.6 is 11.3 Å². The van der Waals surface area contributed by atoms with E-state index < -0.39 is 0 Å². The average molecular weight is 238 g/mol. The molecule has 1 saturated carbocycles. The van der Waals surface area contributed by atoms with E-state index in [0.717, 1.165) is 36.5 Å². The van der Waals surface area contributed by atoms with Gasteiger partial charge in [0.25, 0.3) is 0 Å². The van der Waals surface area contributed by atoms with Gasteiger partial charge in [0.05, 0.1) is 10.7 Å². The summed E-state index contributed by atoms with van der Waals surface area (Å²) in [6.45, 7) is 4.84. The summed E-state index contributed by atoms with van der Waals surface area (Å²) in [6.07, 6.45) is 4.21. The Labute approximate surface area is 100 Å². The molecule has 0 atom stereocenters. The summed E-state index contributed by atoms with van der Waals surface area (Å²) in [7, 11) is 0. The highest BCUT2D eigenvalue weighted by Crippen LogP contribution is 2.26. The van der Waals surface area contributed by atoms with Crippen molar-refractivity contribution in [2.75, 3.05) is 6.54 Å². The van der Waals surface area contributed by atoms with Gasteiger partial charge in [-0.3, -0.25) is 4.79 Å². The van der Waals surface area contributed by atoms with E-state index in [-0.39, 0.29) is 5.91 Å². The van der Waals surface area contributed by atoms with Gasteiger partial charge >= 0.3 is 0 Å². The zero-order valence-electron chi connectivity index (χ0n) is 9.88. The van der Waals surface area contributed by atoms with Crippen molar-refractivity contribution in [2.45, 2.75) is 39.5 Å². The lowest BCUT2D eigenvalue weighted by Gasteiger charge is -2.23. The number of nitrogens with one attached hydrogen (secondary N) is 1. The molecule has 16 heavy (non-hydrogen) atoms. The quantitative estimate of drug-likeness (QED) is 0.874. The highest BCUT2D eigenvalue weighted by molar-refractivity contribution is 7.11. The second kappa shape index (κ2) is 4.95. The number of nitrogens with zero attached hydrogens (tertiary/aromatic N) is 1. The summed E-state index contributed by atoms with van der Waals surface area (Å²) in [5.41, 5.74) is 1.12. The van der Waals surface area contributed by atoms with Gasteiger partial charge in [-0.05, 0) is 26.7 Å².